The van der Waals surface area contributed by atoms with Crippen LogP contribution in [-0.4, -0.2) is 49.6 Å². The van der Waals surface area contributed by atoms with Crippen LogP contribution in [0.5, 0.6) is 0 Å². The van der Waals surface area contributed by atoms with Gasteiger partial charge in [-0.2, -0.15) is 0 Å². The van der Waals surface area contributed by atoms with Crippen LogP contribution >= 0.6 is 11.3 Å². The summed E-state index contributed by atoms with van der Waals surface area (Å²) < 4.78 is 0. The summed E-state index contributed by atoms with van der Waals surface area (Å²) in [5.41, 5.74) is 6.31. The molecular weight excluding hydrogens is 230 g/mol. The third-order valence-electron chi connectivity index (χ3n) is 3.63. The zero-order chi connectivity index (χ0) is 12.4. The third-order valence-corrected chi connectivity index (χ3v) is 4.77. The summed E-state index contributed by atoms with van der Waals surface area (Å²) in [6, 6.07) is 5.12. The highest BCUT2D eigenvalue weighted by atomic mass is 32.1. The van der Waals surface area contributed by atoms with Crippen LogP contribution in [0.25, 0.3) is 0 Å². The van der Waals surface area contributed by atoms with Crippen molar-refractivity contribution in [2.45, 2.75) is 25.4 Å². The molecule has 96 valence electrons. The Balaban J connectivity index is 1.95. The summed E-state index contributed by atoms with van der Waals surface area (Å²) in [7, 11) is 4.41. The van der Waals surface area contributed by atoms with Gasteiger partial charge in [-0.25, -0.2) is 0 Å². The van der Waals surface area contributed by atoms with E-state index < -0.39 is 0 Å². The minimum absolute atomic E-state index is 0.188. The standard InChI is InChI=1S/C13H23N3S/c1-10-4-5-13(17-10)12(14)8-11-9-15(2)6-7-16(11)3/h4-5,11-12H,6-9,14H2,1-3H3. The quantitative estimate of drug-likeness (QED) is 0.890. The second kappa shape index (κ2) is 5.48. The number of rotatable bonds is 3. The molecule has 1 saturated heterocycles. The van der Waals surface area contributed by atoms with E-state index in [9.17, 15) is 0 Å². The second-order valence-corrected chi connectivity index (χ2v) is 6.51. The Labute approximate surface area is 108 Å². The van der Waals surface area contributed by atoms with Crippen molar-refractivity contribution in [3.05, 3.63) is 21.9 Å². The predicted octanol–water partition coefficient (Wildman–Crippen LogP) is 1.69. The van der Waals surface area contributed by atoms with Gasteiger partial charge in [-0.3, -0.25) is 0 Å². The van der Waals surface area contributed by atoms with Crippen LogP contribution in [0.4, 0.5) is 0 Å². The van der Waals surface area contributed by atoms with E-state index in [1.165, 1.54) is 16.3 Å². The van der Waals surface area contributed by atoms with E-state index in [2.05, 4.69) is 43.0 Å². The fraction of sp³-hybridized carbons (Fsp3) is 0.692. The van der Waals surface area contributed by atoms with Gasteiger partial charge in [-0.15, -0.1) is 11.3 Å². The summed E-state index contributed by atoms with van der Waals surface area (Å²) in [5, 5.41) is 0. The average Bonchev–Trinajstić information content (AvgIpc) is 2.70. The lowest BCUT2D eigenvalue weighted by Crippen LogP contribution is -2.50. The van der Waals surface area contributed by atoms with Crippen LogP contribution in [0.15, 0.2) is 12.1 Å². The lowest BCUT2D eigenvalue weighted by Gasteiger charge is -2.38. The number of nitrogens with two attached hydrogens (primary N) is 1. The Morgan fingerprint density at radius 1 is 1.41 bits per heavy atom. The Hall–Kier alpha value is -0.420. The molecule has 2 N–H and O–H groups in total. The zero-order valence-electron chi connectivity index (χ0n) is 11.0. The molecule has 1 aliphatic heterocycles. The Morgan fingerprint density at radius 3 is 2.82 bits per heavy atom. The minimum atomic E-state index is 0.188. The Morgan fingerprint density at radius 2 is 2.18 bits per heavy atom. The van der Waals surface area contributed by atoms with E-state index >= 15 is 0 Å². The molecule has 4 heteroatoms. The molecular formula is C13H23N3S. The summed E-state index contributed by atoms with van der Waals surface area (Å²) in [6.07, 6.45) is 1.06. The molecule has 0 aromatic carbocycles. The van der Waals surface area contributed by atoms with Crippen LogP contribution in [0.3, 0.4) is 0 Å². The first-order valence-corrected chi connectivity index (χ1v) is 7.08. The van der Waals surface area contributed by atoms with Gasteiger partial charge in [-0.05, 0) is 39.6 Å². The minimum Gasteiger partial charge on any atom is -0.323 e. The zero-order valence-corrected chi connectivity index (χ0v) is 11.8. The molecule has 2 atom stereocenters. The van der Waals surface area contributed by atoms with Crippen LogP contribution < -0.4 is 5.73 Å². The second-order valence-electron chi connectivity index (χ2n) is 5.19. The number of nitrogens with zero attached hydrogens (tertiary/aromatic N) is 2. The van der Waals surface area contributed by atoms with Gasteiger partial charge in [0.15, 0.2) is 0 Å². The van der Waals surface area contributed by atoms with Gasteiger partial charge in [0, 0.05) is 41.5 Å². The summed E-state index contributed by atoms with van der Waals surface area (Å²) >= 11 is 1.83. The van der Waals surface area contributed by atoms with Crippen LogP contribution in [0.2, 0.25) is 0 Å². The van der Waals surface area contributed by atoms with Crippen molar-refractivity contribution in [1.29, 1.82) is 0 Å². The maximum absolute atomic E-state index is 6.31. The van der Waals surface area contributed by atoms with Gasteiger partial charge in [0.25, 0.3) is 0 Å². The summed E-state index contributed by atoms with van der Waals surface area (Å²) in [5.74, 6) is 0. The van der Waals surface area contributed by atoms with Crippen molar-refractivity contribution >= 4 is 11.3 Å². The highest BCUT2D eigenvalue weighted by Crippen LogP contribution is 2.26. The van der Waals surface area contributed by atoms with Crippen LogP contribution in [0, 0.1) is 6.92 Å². The molecule has 2 unspecified atom stereocenters. The smallest absolute Gasteiger partial charge is 0.0405 e. The van der Waals surface area contributed by atoms with E-state index in [1.807, 2.05) is 11.3 Å². The highest BCUT2D eigenvalue weighted by Gasteiger charge is 2.24. The number of hydrogen-bond acceptors (Lipinski definition) is 4. The Bertz CT molecular complexity index is 363. The van der Waals surface area contributed by atoms with E-state index in [-0.39, 0.29) is 6.04 Å². The predicted molar refractivity (Wildman–Crippen MR) is 74.5 cm³/mol. The van der Waals surface area contributed by atoms with Crippen molar-refractivity contribution in [3.8, 4) is 0 Å². The molecule has 1 fully saturated rings. The summed E-state index contributed by atoms with van der Waals surface area (Å²) in [4.78, 5) is 7.52. The van der Waals surface area contributed by atoms with Crippen molar-refractivity contribution in [1.82, 2.24) is 9.80 Å². The molecule has 2 heterocycles. The maximum Gasteiger partial charge on any atom is 0.0405 e. The molecule has 2 rings (SSSR count). The first-order chi connectivity index (χ1) is 8.06. The number of thiophene rings is 1. The molecule has 0 spiro atoms. The molecule has 0 saturated carbocycles. The van der Waals surface area contributed by atoms with E-state index in [1.54, 1.807) is 0 Å². The number of hydrogen-bond donors (Lipinski definition) is 1. The topological polar surface area (TPSA) is 32.5 Å². The lowest BCUT2D eigenvalue weighted by molar-refractivity contribution is 0.104. The van der Waals surface area contributed by atoms with Gasteiger partial charge in [0.2, 0.25) is 0 Å². The van der Waals surface area contributed by atoms with Gasteiger partial charge in [0.1, 0.15) is 0 Å². The molecule has 1 aliphatic rings. The molecule has 3 nitrogen and oxygen atoms in total. The molecule has 0 aliphatic carbocycles. The van der Waals surface area contributed by atoms with Crippen LogP contribution in [-0.2, 0) is 0 Å². The van der Waals surface area contributed by atoms with Crippen molar-refractivity contribution in [3.63, 3.8) is 0 Å². The summed E-state index contributed by atoms with van der Waals surface area (Å²) in [6.45, 7) is 5.59. The molecule has 0 radical (unpaired) electrons. The van der Waals surface area contributed by atoms with E-state index in [0.717, 1.165) is 19.5 Å². The number of aryl methyl sites for hydroxylation is 1. The highest BCUT2D eigenvalue weighted by molar-refractivity contribution is 7.12. The van der Waals surface area contributed by atoms with Gasteiger partial charge in [-0.1, -0.05) is 0 Å². The maximum atomic E-state index is 6.31. The van der Waals surface area contributed by atoms with Crippen molar-refractivity contribution in [2.75, 3.05) is 33.7 Å². The Kier molecular flexibility index (Phi) is 4.20. The SMILES string of the molecule is Cc1ccc(C(N)CC2CN(C)CCN2C)s1. The van der Waals surface area contributed by atoms with Crippen LogP contribution in [0.1, 0.15) is 22.2 Å². The molecule has 1 aromatic heterocycles. The van der Waals surface area contributed by atoms with Crippen molar-refractivity contribution < 1.29 is 0 Å². The first-order valence-electron chi connectivity index (χ1n) is 6.27. The van der Waals surface area contributed by atoms with Gasteiger partial charge < -0.3 is 15.5 Å². The first kappa shape index (κ1) is 13.0. The molecule has 0 bridgehead atoms. The van der Waals surface area contributed by atoms with Gasteiger partial charge >= 0.3 is 0 Å². The van der Waals surface area contributed by atoms with E-state index in [0.29, 0.717) is 6.04 Å². The fourth-order valence-electron chi connectivity index (χ4n) is 2.42. The fourth-order valence-corrected chi connectivity index (χ4v) is 3.31. The number of piperazine rings is 1. The lowest BCUT2D eigenvalue weighted by atomic mass is 10.0. The number of likely N-dealkylation sites (N-methyl/N-ethyl adjacent to an activating group) is 2. The molecule has 1 aromatic rings. The third kappa shape index (κ3) is 3.28. The molecule has 17 heavy (non-hydrogen) atoms. The van der Waals surface area contributed by atoms with Gasteiger partial charge in [0.05, 0.1) is 0 Å². The normalized spacial score (nSPS) is 25.1. The van der Waals surface area contributed by atoms with E-state index in [4.69, 9.17) is 5.73 Å². The monoisotopic (exact) mass is 253 g/mol. The van der Waals surface area contributed by atoms with Crippen molar-refractivity contribution in [2.24, 2.45) is 5.73 Å². The largest absolute Gasteiger partial charge is 0.323 e. The molecule has 0 amide bonds. The average molecular weight is 253 g/mol.